The van der Waals surface area contributed by atoms with E-state index in [2.05, 4.69) is 14.5 Å². The summed E-state index contributed by atoms with van der Waals surface area (Å²) in [7, 11) is 2.44. The summed E-state index contributed by atoms with van der Waals surface area (Å²) in [5, 5.41) is 0. The van der Waals surface area contributed by atoms with E-state index in [4.69, 9.17) is 0 Å². The molecule has 0 aliphatic heterocycles. The summed E-state index contributed by atoms with van der Waals surface area (Å²) >= 11 is 0. The molecule has 0 saturated heterocycles. The van der Waals surface area contributed by atoms with Crippen molar-refractivity contribution in [3.05, 3.63) is 30.1 Å². The van der Waals surface area contributed by atoms with Crippen LogP contribution in [0.4, 0.5) is 0 Å². The molecule has 0 atom stereocenters. The van der Waals surface area contributed by atoms with Crippen LogP contribution in [0.15, 0.2) is 24.5 Å². The summed E-state index contributed by atoms with van der Waals surface area (Å²) in [5.41, 5.74) is 0.503. The lowest BCUT2D eigenvalue weighted by Gasteiger charge is -2.11. The first-order chi connectivity index (χ1) is 7.20. The van der Waals surface area contributed by atoms with Crippen LogP contribution in [0.1, 0.15) is 11.5 Å². The number of hydrogen-bond acceptors (Lipinski definition) is 5. The van der Waals surface area contributed by atoms with Gasteiger partial charge in [-0.05, 0) is 17.7 Å². The number of pyridine rings is 1. The molecule has 5 heteroatoms. The predicted octanol–water partition coefficient (Wildman–Crippen LogP) is 0.511. The van der Waals surface area contributed by atoms with Gasteiger partial charge in [-0.2, -0.15) is 0 Å². The fourth-order valence-corrected chi connectivity index (χ4v) is 1.16. The molecule has 0 bridgehead atoms. The van der Waals surface area contributed by atoms with Gasteiger partial charge in [0.25, 0.3) is 0 Å². The summed E-state index contributed by atoms with van der Waals surface area (Å²) < 4.78 is 9.06. The number of methoxy groups -OCH3 is 2. The van der Waals surface area contributed by atoms with Crippen molar-refractivity contribution in [2.24, 2.45) is 0 Å². The molecule has 0 N–H and O–H groups in total. The Morgan fingerprint density at radius 2 is 1.60 bits per heavy atom. The molecule has 15 heavy (non-hydrogen) atoms. The standard InChI is InChI=1S/C10H11NO4/c1-14-9(12)8(10(13)15-2)7-3-5-11-6-4-7/h3-6,8H,1-2H3. The molecule has 1 aromatic heterocycles. The van der Waals surface area contributed by atoms with Crippen LogP contribution >= 0.6 is 0 Å². The molecule has 0 aliphatic carbocycles. The van der Waals surface area contributed by atoms with Gasteiger partial charge in [-0.1, -0.05) is 0 Å². The first-order valence-corrected chi connectivity index (χ1v) is 4.26. The van der Waals surface area contributed by atoms with E-state index in [1.54, 1.807) is 12.1 Å². The first kappa shape index (κ1) is 11.2. The minimum absolute atomic E-state index is 0.503. The number of nitrogens with zero attached hydrogens (tertiary/aromatic N) is 1. The molecule has 0 unspecified atom stereocenters. The van der Waals surface area contributed by atoms with Crippen LogP contribution in [0.2, 0.25) is 0 Å². The van der Waals surface area contributed by atoms with E-state index in [1.165, 1.54) is 26.6 Å². The van der Waals surface area contributed by atoms with Gasteiger partial charge in [0.15, 0.2) is 5.92 Å². The zero-order valence-corrected chi connectivity index (χ0v) is 8.47. The highest BCUT2D eigenvalue weighted by Gasteiger charge is 2.30. The normalized spacial score (nSPS) is 9.80. The van der Waals surface area contributed by atoms with Crippen molar-refractivity contribution in [1.82, 2.24) is 4.98 Å². The summed E-state index contributed by atoms with van der Waals surface area (Å²) in [5.74, 6) is -2.33. The molecule has 0 spiro atoms. The molecule has 1 heterocycles. The van der Waals surface area contributed by atoms with Gasteiger partial charge in [0, 0.05) is 12.4 Å². The van der Waals surface area contributed by atoms with Crippen molar-refractivity contribution in [3.63, 3.8) is 0 Å². The molecule has 0 fully saturated rings. The maximum Gasteiger partial charge on any atom is 0.324 e. The van der Waals surface area contributed by atoms with E-state index >= 15 is 0 Å². The Hall–Kier alpha value is -1.91. The monoisotopic (exact) mass is 209 g/mol. The van der Waals surface area contributed by atoms with Crippen LogP contribution in [0.3, 0.4) is 0 Å². The van der Waals surface area contributed by atoms with Crippen LogP contribution in [-0.2, 0) is 19.1 Å². The van der Waals surface area contributed by atoms with Gasteiger partial charge in [-0.15, -0.1) is 0 Å². The quantitative estimate of drug-likeness (QED) is 0.536. The summed E-state index contributed by atoms with van der Waals surface area (Å²) in [4.78, 5) is 26.5. The Kier molecular flexibility index (Phi) is 3.79. The number of aromatic nitrogens is 1. The summed E-state index contributed by atoms with van der Waals surface area (Å²) in [6.45, 7) is 0. The van der Waals surface area contributed by atoms with Crippen molar-refractivity contribution < 1.29 is 19.1 Å². The van der Waals surface area contributed by atoms with Gasteiger partial charge in [0.2, 0.25) is 0 Å². The van der Waals surface area contributed by atoms with E-state index in [9.17, 15) is 9.59 Å². The molecule has 1 rings (SSSR count). The fourth-order valence-electron chi connectivity index (χ4n) is 1.16. The number of rotatable bonds is 3. The zero-order chi connectivity index (χ0) is 11.3. The SMILES string of the molecule is COC(=O)C(C(=O)OC)c1ccncc1. The number of esters is 2. The highest BCUT2D eigenvalue weighted by molar-refractivity contribution is 6.00. The molecular formula is C10H11NO4. The second-order valence-electron chi connectivity index (χ2n) is 2.76. The van der Waals surface area contributed by atoms with Gasteiger partial charge >= 0.3 is 11.9 Å². The van der Waals surface area contributed by atoms with Gasteiger partial charge in [0.05, 0.1) is 14.2 Å². The smallest absolute Gasteiger partial charge is 0.324 e. The number of carbonyl (C=O) groups is 2. The third kappa shape index (κ3) is 2.52. The molecule has 0 aromatic carbocycles. The molecule has 0 saturated carbocycles. The average Bonchev–Trinajstić information content (AvgIpc) is 2.30. The molecule has 0 radical (unpaired) electrons. The average molecular weight is 209 g/mol. The van der Waals surface area contributed by atoms with Crippen molar-refractivity contribution in [2.75, 3.05) is 14.2 Å². The van der Waals surface area contributed by atoms with Crippen molar-refractivity contribution >= 4 is 11.9 Å². The molecule has 0 amide bonds. The summed E-state index contributed by atoms with van der Waals surface area (Å²) in [6, 6.07) is 3.14. The van der Waals surface area contributed by atoms with E-state index in [1.807, 2.05) is 0 Å². The number of ether oxygens (including phenoxy) is 2. The Labute approximate surface area is 87.0 Å². The van der Waals surface area contributed by atoms with Crippen molar-refractivity contribution in [2.45, 2.75) is 5.92 Å². The highest BCUT2D eigenvalue weighted by atomic mass is 16.5. The maximum absolute atomic E-state index is 11.4. The van der Waals surface area contributed by atoms with E-state index in [-0.39, 0.29) is 0 Å². The van der Waals surface area contributed by atoms with Crippen molar-refractivity contribution in [1.29, 1.82) is 0 Å². The summed E-state index contributed by atoms with van der Waals surface area (Å²) in [6.07, 6.45) is 2.99. The lowest BCUT2D eigenvalue weighted by Crippen LogP contribution is -2.24. The van der Waals surface area contributed by atoms with Gasteiger partial charge < -0.3 is 9.47 Å². The Bertz CT molecular complexity index is 334. The van der Waals surface area contributed by atoms with Crippen molar-refractivity contribution in [3.8, 4) is 0 Å². The minimum atomic E-state index is -1.04. The molecule has 5 nitrogen and oxygen atoms in total. The molecule has 80 valence electrons. The largest absolute Gasteiger partial charge is 0.468 e. The van der Waals surface area contributed by atoms with E-state index in [0.717, 1.165) is 0 Å². The first-order valence-electron chi connectivity index (χ1n) is 4.26. The van der Waals surface area contributed by atoms with Crippen LogP contribution < -0.4 is 0 Å². The fraction of sp³-hybridized carbons (Fsp3) is 0.300. The topological polar surface area (TPSA) is 65.5 Å². The van der Waals surface area contributed by atoms with Gasteiger partial charge in [0.1, 0.15) is 0 Å². The number of hydrogen-bond donors (Lipinski definition) is 0. The third-order valence-electron chi connectivity index (χ3n) is 1.91. The zero-order valence-electron chi connectivity index (χ0n) is 8.47. The highest BCUT2D eigenvalue weighted by Crippen LogP contribution is 2.17. The number of carbonyl (C=O) groups excluding carboxylic acids is 2. The Morgan fingerprint density at radius 3 is 2.00 bits per heavy atom. The minimum Gasteiger partial charge on any atom is -0.468 e. The second kappa shape index (κ2) is 5.09. The Morgan fingerprint density at radius 1 is 1.13 bits per heavy atom. The van der Waals surface area contributed by atoms with Gasteiger partial charge in [-0.3, -0.25) is 14.6 Å². The van der Waals surface area contributed by atoms with Crippen LogP contribution in [-0.4, -0.2) is 31.1 Å². The van der Waals surface area contributed by atoms with E-state index < -0.39 is 17.9 Å². The van der Waals surface area contributed by atoms with Crippen LogP contribution in [0.25, 0.3) is 0 Å². The lowest BCUT2D eigenvalue weighted by molar-refractivity contribution is -0.154. The lowest BCUT2D eigenvalue weighted by atomic mass is 10.0. The van der Waals surface area contributed by atoms with E-state index in [0.29, 0.717) is 5.56 Å². The second-order valence-corrected chi connectivity index (χ2v) is 2.76. The Balaban J connectivity index is 3.02. The van der Waals surface area contributed by atoms with Gasteiger partial charge in [-0.25, -0.2) is 0 Å². The molecule has 0 aliphatic rings. The van der Waals surface area contributed by atoms with Crippen LogP contribution in [0.5, 0.6) is 0 Å². The molecule has 1 aromatic rings. The van der Waals surface area contributed by atoms with Crippen LogP contribution in [0, 0.1) is 0 Å². The third-order valence-corrected chi connectivity index (χ3v) is 1.91. The molecular weight excluding hydrogens is 198 g/mol. The maximum atomic E-state index is 11.4. The predicted molar refractivity (Wildman–Crippen MR) is 51.0 cm³/mol.